The van der Waals surface area contributed by atoms with E-state index in [2.05, 4.69) is 4.90 Å². The highest BCUT2D eigenvalue weighted by atomic mass is 16.7. The summed E-state index contributed by atoms with van der Waals surface area (Å²) in [5, 5.41) is 0. The van der Waals surface area contributed by atoms with Crippen molar-refractivity contribution in [3.8, 4) is 17.2 Å². The van der Waals surface area contributed by atoms with Gasteiger partial charge in [-0.3, -0.25) is 14.5 Å². The Hall–Kier alpha value is -4.10. The summed E-state index contributed by atoms with van der Waals surface area (Å²) < 4.78 is 17.0. The number of hydrogen-bond donors (Lipinski definition) is 0. The van der Waals surface area contributed by atoms with Crippen LogP contribution in [0.1, 0.15) is 66.4 Å². The minimum absolute atomic E-state index is 0.161. The lowest BCUT2D eigenvalue weighted by molar-refractivity contribution is -0.117. The Morgan fingerprint density at radius 3 is 2.44 bits per heavy atom. The molecule has 212 valence electrons. The number of benzene rings is 3. The summed E-state index contributed by atoms with van der Waals surface area (Å²) in [6.07, 6.45) is 9.53. The lowest BCUT2D eigenvalue weighted by atomic mass is 10.0. The number of carbonyl (C=O) groups excluding carboxylic acids is 2. The van der Waals surface area contributed by atoms with E-state index < -0.39 is 0 Å². The van der Waals surface area contributed by atoms with Crippen LogP contribution in [0.3, 0.4) is 0 Å². The number of para-hydroxylation sites is 2. The zero-order valence-electron chi connectivity index (χ0n) is 23.3. The van der Waals surface area contributed by atoms with Crippen molar-refractivity contribution in [3.05, 3.63) is 89.2 Å². The van der Waals surface area contributed by atoms with Crippen LogP contribution in [-0.2, 0) is 11.3 Å². The molecular formula is C34H36N2O5. The molecule has 0 aliphatic carbocycles. The minimum Gasteiger partial charge on any atom is -0.454 e. The van der Waals surface area contributed by atoms with Crippen molar-refractivity contribution < 1.29 is 23.8 Å². The van der Waals surface area contributed by atoms with Gasteiger partial charge in [0.1, 0.15) is 0 Å². The Kier molecular flexibility index (Phi) is 8.33. The van der Waals surface area contributed by atoms with Gasteiger partial charge in [-0.1, -0.05) is 55.3 Å². The van der Waals surface area contributed by atoms with E-state index in [1.807, 2.05) is 66.7 Å². The molecule has 1 amide bonds. The molecule has 7 heteroatoms. The Morgan fingerprint density at radius 1 is 0.829 bits per heavy atom. The van der Waals surface area contributed by atoms with E-state index in [-0.39, 0.29) is 24.2 Å². The molecule has 1 fully saturated rings. The van der Waals surface area contributed by atoms with Gasteiger partial charge < -0.3 is 19.1 Å². The van der Waals surface area contributed by atoms with Gasteiger partial charge in [-0.15, -0.1) is 0 Å². The molecule has 41 heavy (non-hydrogen) atoms. The normalized spacial score (nSPS) is 17.7. The molecule has 1 saturated heterocycles. The molecule has 7 nitrogen and oxygen atoms in total. The average Bonchev–Trinajstić information content (AvgIpc) is 3.31. The van der Waals surface area contributed by atoms with Crippen LogP contribution in [0.4, 0.5) is 5.69 Å². The van der Waals surface area contributed by atoms with E-state index in [1.54, 1.807) is 11.0 Å². The van der Waals surface area contributed by atoms with Gasteiger partial charge in [0.15, 0.2) is 28.8 Å². The summed E-state index contributed by atoms with van der Waals surface area (Å²) in [5.41, 5.74) is 3.14. The summed E-state index contributed by atoms with van der Waals surface area (Å²) >= 11 is 0. The Labute approximate surface area is 241 Å². The molecule has 3 aliphatic heterocycles. The number of ether oxygens (including phenoxy) is 3. The van der Waals surface area contributed by atoms with Crippen molar-refractivity contribution in [3.63, 3.8) is 0 Å². The van der Waals surface area contributed by atoms with Gasteiger partial charge in [-0.25, -0.2) is 0 Å². The summed E-state index contributed by atoms with van der Waals surface area (Å²) in [6, 6.07) is 20.7. The Morgan fingerprint density at radius 2 is 1.61 bits per heavy atom. The molecule has 0 bridgehead atoms. The summed E-state index contributed by atoms with van der Waals surface area (Å²) in [4.78, 5) is 30.7. The SMILES string of the molecule is O=C(CCCCN1CCCCCC1)c1ccc(/C=C2\Oc3ccccc3N(Cc3ccc4c(c3)OCO4)C2=O)cc1. The molecule has 3 aromatic carbocycles. The first-order valence-corrected chi connectivity index (χ1v) is 14.7. The first-order valence-electron chi connectivity index (χ1n) is 14.7. The highest BCUT2D eigenvalue weighted by molar-refractivity contribution is 6.09. The van der Waals surface area contributed by atoms with Crippen LogP contribution in [0.25, 0.3) is 6.08 Å². The van der Waals surface area contributed by atoms with Gasteiger partial charge in [0, 0.05) is 12.0 Å². The number of amides is 1. The van der Waals surface area contributed by atoms with Crippen LogP contribution in [0, 0.1) is 0 Å². The van der Waals surface area contributed by atoms with Crippen LogP contribution >= 0.6 is 0 Å². The minimum atomic E-state index is -0.231. The number of unbranched alkanes of at least 4 members (excludes halogenated alkanes) is 1. The molecule has 0 aromatic heterocycles. The molecule has 0 unspecified atom stereocenters. The van der Waals surface area contributed by atoms with Crippen molar-refractivity contribution in [2.75, 3.05) is 31.3 Å². The Balaban J connectivity index is 1.10. The van der Waals surface area contributed by atoms with Crippen LogP contribution in [0.15, 0.2) is 72.5 Å². The third-order valence-electron chi connectivity index (χ3n) is 7.97. The molecule has 3 heterocycles. The molecule has 6 rings (SSSR count). The second-order valence-corrected chi connectivity index (χ2v) is 10.9. The molecule has 3 aromatic rings. The number of anilines is 1. The van der Waals surface area contributed by atoms with E-state index in [1.165, 1.54) is 38.8 Å². The third-order valence-corrected chi connectivity index (χ3v) is 7.97. The van der Waals surface area contributed by atoms with Gasteiger partial charge in [0.05, 0.1) is 12.2 Å². The van der Waals surface area contributed by atoms with Crippen molar-refractivity contribution >= 4 is 23.5 Å². The fourth-order valence-electron chi connectivity index (χ4n) is 5.68. The summed E-state index contributed by atoms with van der Waals surface area (Å²) in [7, 11) is 0. The number of rotatable bonds is 9. The van der Waals surface area contributed by atoms with Gasteiger partial charge in [0.25, 0.3) is 5.91 Å². The second kappa shape index (κ2) is 12.6. The molecule has 0 saturated carbocycles. The molecule has 0 spiro atoms. The fourth-order valence-corrected chi connectivity index (χ4v) is 5.68. The average molecular weight is 553 g/mol. The van der Waals surface area contributed by atoms with E-state index in [9.17, 15) is 9.59 Å². The van der Waals surface area contributed by atoms with Gasteiger partial charge in [-0.2, -0.15) is 0 Å². The largest absolute Gasteiger partial charge is 0.454 e. The second-order valence-electron chi connectivity index (χ2n) is 10.9. The molecule has 3 aliphatic rings. The zero-order valence-corrected chi connectivity index (χ0v) is 23.3. The molecule has 0 atom stereocenters. The number of ketones is 1. The van der Waals surface area contributed by atoms with Crippen molar-refractivity contribution in [1.82, 2.24) is 4.90 Å². The van der Waals surface area contributed by atoms with E-state index in [0.717, 1.165) is 30.5 Å². The highest BCUT2D eigenvalue weighted by Crippen LogP contribution is 2.38. The standard InChI is InChI=1S/C34H36N2O5/c37-29(10-5-8-20-35-18-6-1-2-7-19-35)27-15-12-25(13-16-27)21-33-34(38)36(28-9-3-4-11-30(28)41-33)23-26-14-17-31-32(22-26)40-24-39-31/h3-4,9,11-17,21-22H,1-2,5-8,10,18-20,23-24H2/b33-21-. The topological polar surface area (TPSA) is 68.3 Å². The lowest BCUT2D eigenvalue weighted by Gasteiger charge is -2.30. The summed E-state index contributed by atoms with van der Waals surface area (Å²) in [5.74, 6) is 2.17. The van der Waals surface area contributed by atoms with Gasteiger partial charge in [-0.05, 0) is 86.8 Å². The van der Waals surface area contributed by atoms with Crippen molar-refractivity contribution in [1.29, 1.82) is 0 Å². The predicted octanol–water partition coefficient (Wildman–Crippen LogP) is 6.61. The number of nitrogens with zero attached hydrogens (tertiary/aromatic N) is 2. The maximum absolute atomic E-state index is 13.6. The lowest BCUT2D eigenvalue weighted by Crippen LogP contribution is -2.36. The number of carbonyl (C=O) groups is 2. The van der Waals surface area contributed by atoms with Crippen LogP contribution in [0.2, 0.25) is 0 Å². The monoisotopic (exact) mass is 552 g/mol. The van der Waals surface area contributed by atoms with E-state index in [0.29, 0.717) is 41.5 Å². The van der Waals surface area contributed by atoms with Gasteiger partial charge in [0.2, 0.25) is 6.79 Å². The van der Waals surface area contributed by atoms with Crippen molar-refractivity contribution in [2.45, 2.75) is 51.5 Å². The van der Waals surface area contributed by atoms with Gasteiger partial charge >= 0.3 is 0 Å². The summed E-state index contributed by atoms with van der Waals surface area (Å²) in [6.45, 7) is 4.03. The van der Waals surface area contributed by atoms with Crippen LogP contribution < -0.4 is 19.1 Å². The number of fused-ring (bicyclic) bond motifs is 2. The first kappa shape index (κ1) is 27.1. The smallest absolute Gasteiger partial charge is 0.294 e. The number of Topliss-reactive ketones (excluding diaryl/α,β-unsaturated/α-hetero) is 1. The highest BCUT2D eigenvalue weighted by Gasteiger charge is 2.30. The molecular weight excluding hydrogens is 516 g/mol. The van der Waals surface area contributed by atoms with E-state index >= 15 is 0 Å². The van der Waals surface area contributed by atoms with E-state index in [4.69, 9.17) is 14.2 Å². The molecule has 0 N–H and O–H groups in total. The van der Waals surface area contributed by atoms with Crippen molar-refractivity contribution in [2.24, 2.45) is 0 Å². The number of likely N-dealkylation sites (tertiary alicyclic amines) is 1. The molecule has 0 radical (unpaired) electrons. The maximum Gasteiger partial charge on any atom is 0.294 e. The van der Waals surface area contributed by atoms with Crippen LogP contribution in [-0.4, -0.2) is 43.0 Å². The number of hydrogen-bond acceptors (Lipinski definition) is 6. The third kappa shape index (κ3) is 6.46. The quantitative estimate of drug-likeness (QED) is 0.169. The predicted molar refractivity (Wildman–Crippen MR) is 158 cm³/mol. The van der Waals surface area contributed by atoms with Crippen LogP contribution in [0.5, 0.6) is 17.2 Å². The zero-order chi connectivity index (χ0) is 28.0. The fraction of sp³-hybridized carbons (Fsp3) is 0.353. The first-order chi connectivity index (χ1) is 20.1. The Bertz CT molecular complexity index is 1420. The maximum atomic E-state index is 13.6.